The van der Waals surface area contributed by atoms with Crippen molar-refractivity contribution >= 4 is 33.2 Å². The monoisotopic (exact) mass is 628 g/mol. The highest BCUT2D eigenvalue weighted by molar-refractivity contribution is 7.16. The molecule has 3 saturated heterocycles. The van der Waals surface area contributed by atoms with Gasteiger partial charge in [0.25, 0.3) is 0 Å². The summed E-state index contributed by atoms with van der Waals surface area (Å²) in [6, 6.07) is 2.82. The second kappa shape index (κ2) is 11.3. The lowest BCUT2D eigenvalue weighted by Crippen LogP contribution is -2.70. The van der Waals surface area contributed by atoms with Gasteiger partial charge in [-0.15, -0.1) is 11.3 Å². The van der Waals surface area contributed by atoms with E-state index in [1.54, 1.807) is 0 Å². The number of fused-ring (bicyclic) bond motifs is 2. The summed E-state index contributed by atoms with van der Waals surface area (Å²) in [5, 5.41) is 24.8. The van der Waals surface area contributed by atoms with Gasteiger partial charge in [0.2, 0.25) is 0 Å². The number of nitrogens with one attached hydrogen (secondary N) is 1. The van der Waals surface area contributed by atoms with Crippen molar-refractivity contribution in [2.24, 2.45) is 0 Å². The van der Waals surface area contributed by atoms with Crippen LogP contribution in [0.3, 0.4) is 0 Å². The number of likely N-dealkylation sites (tertiary alicyclic amines) is 1. The van der Waals surface area contributed by atoms with Gasteiger partial charge in [-0.05, 0) is 57.7 Å². The van der Waals surface area contributed by atoms with E-state index in [2.05, 4.69) is 45.0 Å². The van der Waals surface area contributed by atoms with Crippen LogP contribution in [0.15, 0.2) is 10.7 Å². The fourth-order valence-electron chi connectivity index (χ4n) is 7.82. The second-order valence-corrected chi connectivity index (χ2v) is 14.3. The minimum absolute atomic E-state index is 0.0461. The molecule has 12 nitrogen and oxygen atoms in total. The first-order valence-corrected chi connectivity index (χ1v) is 17.1. The molecule has 0 radical (unpaired) electrons. The number of nitriles is 1. The molecule has 0 bridgehead atoms. The maximum Gasteiger partial charge on any atom is 0.186 e. The average molecular weight is 629 g/mol. The van der Waals surface area contributed by atoms with Crippen LogP contribution in [0.4, 0.5) is 10.8 Å². The zero-order chi connectivity index (χ0) is 30.7. The summed E-state index contributed by atoms with van der Waals surface area (Å²) < 4.78 is 13.9. The predicted octanol–water partition coefficient (Wildman–Crippen LogP) is 3.69. The number of ether oxygens (including phenoxy) is 1. The van der Waals surface area contributed by atoms with Gasteiger partial charge in [-0.25, -0.2) is 14.6 Å². The third-order valence-corrected chi connectivity index (χ3v) is 11.3. The number of thiophene rings is 1. The van der Waals surface area contributed by atoms with Crippen molar-refractivity contribution in [3.63, 3.8) is 0 Å². The summed E-state index contributed by atoms with van der Waals surface area (Å²) in [5.41, 5.74) is 10.5. The lowest BCUT2D eigenvalue weighted by atomic mass is 9.81. The van der Waals surface area contributed by atoms with E-state index < -0.39 is 0 Å². The smallest absolute Gasteiger partial charge is 0.186 e. The molecular weight excluding hydrogens is 588 g/mol. The fourth-order valence-corrected chi connectivity index (χ4v) is 9.00. The molecule has 4 aromatic heterocycles. The molecule has 13 heteroatoms. The van der Waals surface area contributed by atoms with Gasteiger partial charge in [0.15, 0.2) is 17.2 Å². The van der Waals surface area contributed by atoms with E-state index in [9.17, 15) is 5.26 Å². The number of hydrogen-bond acceptors (Lipinski definition) is 12. The highest BCUT2D eigenvalue weighted by Crippen LogP contribution is 2.46. The molecule has 3 aliphatic heterocycles. The summed E-state index contributed by atoms with van der Waals surface area (Å²) in [4.78, 5) is 16.4. The molecule has 0 aromatic carbocycles. The number of anilines is 2. The fraction of sp³-hybridized carbons (Fsp3) is 0.594. The average Bonchev–Trinajstić information content (AvgIpc) is 3.82. The molecule has 4 aromatic rings. The Morgan fingerprint density at radius 3 is 2.87 bits per heavy atom. The maximum atomic E-state index is 10.1. The molecule has 45 heavy (non-hydrogen) atoms. The van der Waals surface area contributed by atoms with Gasteiger partial charge in [0.05, 0.1) is 42.4 Å². The minimum atomic E-state index is -0.0574. The third kappa shape index (κ3) is 4.81. The predicted molar refractivity (Wildman–Crippen MR) is 172 cm³/mol. The normalized spacial score (nSPS) is 23.0. The Kier molecular flexibility index (Phi) is 7.28. The van der Waals surface area contributed by atoms with E-state index >= 15 is 0 Å². The van der Waals surface area contributed by atoms with Gasteiger partial charge in [-0.3, -0.25) is 0 Å². The van der Waals surface area contributed by atoms with Crippen LogP contribution >= 0.6 is 11.3 Å². The quantitative estimate of drug-likeness (QED) is 0.309. The van der Waals surface area contributed by atoms with Crippen molar-refractivity contribution in [3.8, 4) is 17.6 Å². The molecule has 236 valence electrons. The van der Waals surface area contributed by atoms with E-state index in [0.717, 1.165) is 105 Å². The Morgan fingerprint density at radius 1 is 1.22 bits per heavy atom. The molecule has 0 saturated carbocycles. The van der Waals surface area contributed by atoms with Crippen molar-refractivity contribution < 1.29 is 9.26 Å². The lowest BCUT2D eigenvalue weighted by molar-refractivity contribution is -0.0743. The van der Waals surface area contributed by atoms with Crippen LogP contribution < -0.4 is 16.0 Å². The van der Waals surface area contributed by atoms with Crippen molar-refractivity contribution in [2.45, 2.75) is 75.9 Å². The lowest BCUT2D eigenvalue weighted by Gasteiger charge is -2.49. The Labute approximate surface area is 266 Å². The van der Waals surface area contributed by atoms with E-state index in [1.165, 1.54) is 22.6 Å². The van der Waals surface area contributed by atoms with E-state index in [1.807, 2.05) is 6.20 Å². The van der Waals surface area contributed by atoms with Gasteiger partial charge < -0.3 is 30.1 Å². The maximum absolute atomic E-state index is 10.1. The Hall–Kier alpha value is -3.57. The highest BCUT2D eigenvalue weighted by atomic mass is 32.1. The van der Waals surface area contributed by atoms with E-state index in [4.69, 9.17) is 30.1 Å². The van der Waals surface area contributed by atoms with Crippen LogP contribution in [0.5, 0.6) is 0 Å². The number of likely N-dealkylation sites (N-methyl/N-ethyl adjacent to an activating group) is 1. The summed E-state index contributed by atoms with van der Waals surface area (Å²) in [7, 11) is 2.19. The van der Waals surface area contributed by atoms with Crippen molar-refractivity contribution in [2.75, 3.05) is 57.1 Å². The number of piperazine rings is 1. The Balaban J connectivity index is 1.24. The number of nitrogen functional groups attached to an aromatic ring is 1. The third-order valence-electron chi connectivity index (χ3n) is 10.2. The summed E-state index contributed by atoms with van der Waals surface area (Å²) >= 11 is 1.54. The first-order valence-electron chi connectivity index (χ1n) is 16.3. The van der Waals surface area contributed by atoms with E-state index in [-0.39, 0.29) is 11.5 Å². The molecule has 2 atom stereocenters. The first-order chi connectivity index (χ1) is 22.0. The zero-order valence-electron chi connectivity index (χ0n) is 26.0. The second-order valence-electron chi connectivity index (χ2n) is 13.2. The van der Waals surface area contributed by atoms with Crippen LogP contribution in [0, 0.1) is 11.3 Å². The van der Waals surface area contributed by atoms with Crippen molar-refractivity contribution in [1.29, 1.82) is 5.26 Å². The molecule has 0 amide bonds. The molecule has 1 aliphatic carbocycles. The summed E-state index contributed by atoms with van der Waals surface area (Å²) in [6.07, 6.45) is 8.83. The Morgan fingerprint density at radius 2 is 2.11 bits per heavy atom. The SMILES string of the molecule is CCCc1sc(N)c(C#N)c1C1CCCc2c(-c3nc(N4CCNC5(COC5)C4)c4cnn(CC5CCCN5C)c4n3)noc21. The number of aryl methyl sites for hydroxylation is 1. The van der Waals surface area contributed by atoms with Gasteiger partial charge in [0.1, 0.15) is 22.6 Å². The molecule has 2 unspecified atom stereocenters. The molecule has 4 aliphatic rings. The van der Waals surface area contributed by atoms with Crippen molar-refractivity contribution in [3.05, 3.63) is 33.5 Å². The summed E-state index contributed by atoms with van der Waals surface area (Å²) in [5.74, 6) is 2.22. The van der Waals surface area contributed by atoms with Crippen molar-refractivity contribution in [1.82, 2.24) is 35.1 Å². The number of rotatable bonds is 7. The van der Waals surface area contributed by atoms with Crippen LogP contribution in [-0.2, 0) is 24.1 Å². The van der Waals surface area contributed by atoms with Crippen LogP contribution in [-0.4, -0.2) is 87.8 Å². The molecule has 3 N–H and O–H groups in total. The molecule has 3 fully saturated rings. The Bertz CT molecular complexity index is 1780. The van der Waals surface area contributed by atoms with Gasteiger partial charge in [-0.2, -0.15) is 10.4 Å². The standard InChI is InChI=1S/C32H40N10O2S/c1-3-6-24-25(22(13-33)28(34)45-24)20-8-4-9-21-26(39-44-27(20)21)29-37-30(41-12-10-35-32(16-41)17-43-18-32)23-14-36-42(31(23)38-29)15-19-7-5-11-40(19)2/h14,19-20,35H,3-12,15-18,34H2,1-2H3. The summed E-state index contributed by atoms with van der Waals surface area (Å²) in [6.45, 7) is 7.95. The minimum Gasteiger partial charge on any atom is -0.389 e. The largest absolute Gasteiger partial charge is 0.389 e. The highest BCUT2D eigenvalue weighted by Gasteiger charge is 2.43. The number of hydrogen-bond donors (Lipinski definition) is 2. The number of aromatic nitrogens is 5. The molecular formula is C32H40N10O2S. The molecule has 7 heterocycles. The van der Waals surface area contributed by atoms with Gasteiger partial charge in [-0.1, -0.05) is 18.5 Å². The van der Waals surface area contributed by atoms with Gasteiger partial charge in [0, 0.05) is 42.0 Å². The van der Waals surface area contributed by atoms with E-state index in [0.29, 0.717) is 41.3 Å². The number of nitrogens with two attached hydrogens (primary N) is 1. The zero-order valence-corrected chi connectivity index (χ0v) is 26.8. The van der Waals surface area contributed by atoms with Gasteiger partial charge >= 0.3 is 0 Å². The van der Waals surface area contributed by atoms with Crippen LogP contribution in [0.2, 0.25) is 0 Å². The number of nitrogens with zero attached hydrogens (tertiary/aromatic N) is 8. The first kappa shape index (κ1) is 28.9. The van der Waals surface area contributed by atoms with Crippen LogP contribution in [0.25, 0.3) is 22.6 Å². The van der Waals surface area contributed by atoms with Crippen LogP contribution in [0.1, 0.15) is 72.3 Å². The molecule has 8 rings (SSSR count). The molecule has 1 spiro atoms. The topological polar surface area (TPSA) is 147 Å².